The highest BCUT2D eigenvalue weighted by molar-refractivity contribution is 6.32. The highest BCUT2D eigenvalue weighted by Crippen LogP contribution is 2.38. The van der Waals surface area contributed by atoms with Crippen LogP contribution in [-0.2, 0) is 14.3 Å². The molecule has 1 heterocycles. The van der Waals surface area contributed by atoms with Gasteiger partial charge in [-0.2, -0.15) is 0 Å². The number of benzene rings is 2. The average molecular weight is 416 g/mol. The zero-order valence-electron chi connectivity index (χ0n) is 16.3. The van der Waals surface area contributed by atoms with E-state index in [4.69, 9.17) is 25.8 Å². The van der Waals surface area contributed by atoms with Gasteiger partial charge in [-0.05, 0) is 23.8 Å². The van der Waals surface area contributed by atoms with Gasteiger partial charge in [-0.3, -0.25) is 4.79 Å². The van der Waals surface area contributed by atoms with Gasteiger partial charge in [0, 0.05) is 32.2 Å². The van der Waals surface area contributed by atoms with Crippen LogP contribution in [0.5, 0.6) is 11.5 Å². The van der Waals surface area contributed by atoms with E-state index >= 15 is 0 Å². The maximum absolute atomic E-state index is 12.5. The second-order valence-electron chi connectivity index (χ2n) is 6.67. The maximum atomic E-state index is 12.5. The Labute approximate surface area is 174 Å². The lowest BCUT2D eigenvalue weighted by Crippen LogP contribution is -2.30. The fraction of sp³-hybridized carbons (Fsp3) is 0.273. The summed E-state index contributed by atoms with van der Waals surface area (Å²) >= 11 is 6.27. The average Bonchev–Trinajstić information content (AvgIpc) is 2.96. The van der Waals surface area contributed by atoms with Gasteiger partial charge in [-0.15, -0.1) is 0 Å². The van der Waals surface area contributed by atoms with E-state index in [1.54, 1.807) is 56.6 Å². The monoisotopic (exact) mass is 415 g/mol. The first kappa shape index (κ1) is 20.7. The lowest BCUT2D eigenvalue weighted by atomic mass is 10.1. The lowest BCUT2D eigenvalue weighted by Gasteiger charge is -2.20. The number of hydrogen-bond acceptors (Lipinski definition) is 5. The van der Waals surface area contributed by atoms with E-state index in [1.165, 1.54) is 11.0 Å². The van der Waals surface area contributed by atoms with Gasteiger partial charge in [0.05, 0.1) is 18.2 Å². The molecule has 152 valence electrons. The predicted octanol–water partition coefficient (Wildman–Crippen LogP) is 3.89. The molecule has 0 saturated carbocycles. The Hall–Kier alpha value is -2.99. The summed E-state index contributed by atoms with van der Waals surface area (Å²) in [6.45, 7) is 1.07. The van der Waals surface area contributed by atoms with Gasteiger partial charge in [0.25, 0.3) is 5.91 Å². The number of esters is 1. The van der Waals surface area contributed by atoms with E-state index in [1.807, 2.05) is 6.07 Å². The third-order valence-corrected chi connectivity index (χ3v) is 4.52. The fourth-order valence-corrected chi connectivity index (χ4v) is 3.06. The number of hydrogen-bond donors (Lipinski definition) is 0. The second kappa shape index (κ2) is 9.47. The van der Waals surface area contributed by atoms with Crippen molar-refractivity contribution in [2.75, 3.05) is 27.3 Å². The van der Waals surface area contributed by atoms with Gasteiger partial charge >= 0.3 is 5.97 Å². The second-order valence-corrected chi connectivity index (χ2v) is 7.08. The molecule has 0 bridgehead atoms. The molecule has 3 rings (SSSR count). The van der Waals surface area contributed by atoms with Crippen molar-refractivity contribution in [3.63, 3.8) is 0 Å². The highest BCUT2D eigenvalue weighted by Gasteiger charge is 2.25. The van der Waals surface area contributed by atoms with Crippen LogP contribution in [0.1, 0.15) is 23.7 Å². The molecule has 2 aromatic rings. The van der Waals surface area contributed by atoms with Crippen LogP contribution in [0.3, 0.4) is 0 Å². The third kappa shape index (κ3) is 5.29. The molecule has 0 unspecified atom stereocenters. The molecule has 1 aliphatic heterocycles. The number of halogens is 1. The Kier molecular flexibility index (Phi) is 6.77. The molecule has 29 heavy (non-hydrogen) atoms. The number of fused-ring (bicyclic) bond motifs is 1. The van der Waals surface area contributed by atoms with Crippen molar-refractivity contribution in [1.82, 2.24) is 4.90 Å². The molecule has 6 nitrogen and oxygen atoms in total. The largest absolute Gasteiger partial charge is 0.489 e. The summed E-state index contributed by atoms with van der Waals surface area (Å²) in [5.41, 5.74) is 1.26. The highest BCUT2D eigenvalue weighted by atomic mass is 35.5. The summed E-state index contributed by atoms with van der Waals surface area (Å²) < 4.78 is 16.7. The summed E-state index contributed by atoms with van der Waals surface area (Å²) in [6, 6.07) is 12.3. The topological polar surface area (TPSA) is 65.1 Å². The molecule has 0 N–H and O–H groups in total. The number of amides is 1. The summed E-state index contributed by atoms with van der Waals surface area (Å²) in [5, 5.41) is 0.405. The predicted molar refractivity (Wildman–Crippen MR) is 110 cm³/mol. The fourth-order valence-electron chi connectivity index (χ4n) is 2.79. The molecule has 0 spiro atoms. The third-order valence-electron chi connectivity index (χ3n) is 4.24. The van der Waals surface area contributed by atoms with Crippen molar-refractivity contribution >= 4 is 29.6 Å². The summed E-state index contributed by atoms with van der Waals surface area (Å²) in [5.74, 6) is 0.0754. The van der Waals surface area contributed by atoms with Crippen LogP contribution in [-0.4, -0.2) is 44.1 Å². The number of carbonyl (C=O) groups is 2. The van der Waals surface area contributed by atoms with Crippen molar-refractivity contribution in [2.45, 2.75) is 12.5 Å². The van der Waals surface area contributed by atoms with Gasteiger partial charge in [0.1, 0.15) is 0 Å². The van der Waals surface area contributed by atoms with Crippen molar-refractivity contribution in [1.29, 1.82) is 0 Å². The maximum Gasteiger partial charge on any atom is 0.331 e. The minimum Gasteiger partial charge on any atom is -0.489 e. The summed E-state index contributed by atoms with van der Waals surface area (Å²) in [6.07, 6.45) is 2.57. The van der Waals surface area contributed by atoms with Crippen LogP contribution in [0.15, 0.2) is 48.5 Å². The van der Waals surface area contributed by atoms with E-state index in [0.717, 1.165) is 6.42 Å². The molecule has 0 saturated heterocycles. The normalized spacial score (nSPS) is 14.2. The van der Waals surface area contributed by atoms with E-state index in [2.05, 4.69) is 0 Å². The molecule has 0 radical (unpaired) electrons. The molecule has 1 atom stereocenters. The van der Waals surface area contributed by atoms with Crippen LogP contribution in [0.4, 0.5) is 0 Å². The van der Waals surface area contributed by atoms with E-state index in [9.17, 15) is 9.59 Å². The summed E-state index contributed by atoms with van der Waals surface area (Å²) in [7, 11) is 3.23. The Bertz CT molecular complexity index is 911. The first-order valence-electron chi connectivity index (χ1n) is 9.19. The van der Waals surface area contributed by atoms with Crippen molar-refractivity contribution in [3.8, 4) is 11.5 Å². The van der Waals surface area contributed by atoms with Crippen LogP contribution in [0.2, 0.25) is 5.02 Å². The van der Waals surface area contributed by atoms with Crippen LogP contribution in [0, 0.1) is 0 Å². The molecule has 0 aromatic heterocycles. The Morgan fingerprint density at radius 3 is 2.59 bits per heavy atom. The number of ether oxygens (including phenoxy) is 3. The van der Waals surface area contributed by atoms with Crippen LogP contribution >= 0.6 is 11.6 Å². The Morgan fingerprint density at radius 2 is 1.86 bits per heavy atom. The SMILES string of the molecule is CN(C)C(=O)[C@@H](OC(=O)/C=C/c1cc(Cl)c2c(c1)OCCCO2)c1ccccc1. The molecule has 7 heteroatoms. The number of likely N-dealkylation sites (N-methyl/N-ethyl adjacent to an activating group) is 1. The van der Waals surface area contributed by atoms with E-state index < -0.39 is 12.1 Å². The first-order chi connectivity index (χ1) is 14.0. The standard InChI is InChI=1S/C22H22ClNO5/c1-24(2)22(26)20(16-7-4-3-5-8-16)29-19(25)10-9-15-13-17(23)21-18(14-15)27-11-6-12-28-21/h3-5,7-10,13-14,20H,6,11-12H2,1-2H3/b10-9+/t20-/m0/s1. The van der Waals surface area contributed by atoms with Crippen molar-refractivity contribution < 1.29 is 23.8 Å². The van der Waals surface area contributed by atoms with Crippen LogP contribution < -0.4 is 9.47 Å². The number of nitrogens with zero attached hydrogens (tertiary/aromatic N) is 1. The van der Waals surface area contributed by atoms with Gasteiger partial charge in [0.2, 0.25) is 6.10 Å². The van der Waals surface area contributed by atoms with Gasteiger partial charge < -0.3 is 19.1 Å². The van der Waals surface area contributed by atoms with Gasteiger partial charge in [0.15, 0.2) is 11.5 Å². The zero-order valence-corrected chi connectivity index (χ0v) is 17.0. The van der Waals surface area contributed by atoms with Crippen LogP contribution in [0.25, 0.3) is 6.08 Å². The molecule has 2 aromatic carbocycles. The van der Waals surface area contributed by atoms with Crippen molar-refractivity contribution in [2.24, 2.45) is 0 Å². The summed E-state index contributed by atoms with van der Waals surface area (Å²) in [4.78, 5) is 26.2. The van der Waals surface area contributed by atoms with Crippen molar-refractivity contribution in [3.05, 3.63) is 64.7 Å². The molecule has 0 aliphatic carbocycles. The smallest absolute Gasteiger partial charge is 0.331 e. The lowest BCUT2D eigenvalue weighted by molar-refractivity contribution is -0.155. The molecule has 0 fully saturated rings. The number of carbonyl (C=O) groups excluding carboxylic acids is 2. The van der Waals surface area contributed by atoms with Gasteiger partial charge in [-0.25, -0.2) is 4.79 Å². The van der Waals surface area contributed by atoms with E-state index in [0.29, 0.717) is 40.9 Å². The first-order valence-corrected chi connectivity index (χ1v) is 9.57. The molecular weight excluding hydrogens is 394 g/mol. The molecule has 1 amide bonds. The number of rotatable bonds is 5. The minimum absolute atomic E-state index is 0.323. The molecular formula is C22H22ClNO5. The zero-order chi connectivity index (χ0) is 20.8. The van der Waals surface area contributed by atoms with E-state index in [-0.39, 0.29) is 5.91 Å². The molecule has 1 aliphatic rings. The van der Waals surface area contributed by atoms with Gasteiger partial charge in [-0.1, -0.05) is 41.9 Å². The minimum atomic E-state index is -1.02. The quantitative estimate of drug-likeness (QED) is 0.547. The Morgan fingerprint density at radius 1 is 1.14 bits per heavy atom. The Balaban J connectivity index is 1.76.